The molecular weight excluding hydrogens is 254 g/mol. The summed E-state index contributed by atoms with van der Waals surface area (Å²) < 4.78 is 5.61. The third-order valence-corrected chi connectivity index (χ3v) is 3.06. The molecule has 1 aliphatic carbocycles. The van der Waals surface area contributed by atoms with Crippen LogP contribution in [-0.4, -0.2) is 10.1 Å². The molecule has 0 spiro atoms. The van der Waals surface area contributed by atoms with Crippen molar-refractivity contribution in [1.82, 2.24) is 4.98 Å². The van der Waals surface area contributed by atoms with Crippen LogP contribution in [0.2, 0.25) is 5.02 Å². The van der Waals surface area contributed by atoms with Crippen molar-refractivity contribution in [2.24, 2.45) is 0 Å². The summed E-state index contributed by atoms with van der Waals surface area (Å²) in [5.41, 5.74) is 1.78. The van der Waals surface area contributed by atoms with Gasteiger partial charge < -0.3 is 9.52 Å². The summed E-state index contributed by atoms with van der Waals surface area (Å²) in [6, 6.07) is 6.01. The molecule has 0 aromatic heterocycles. The minimum atomic E-state index is -0.313. The number of phenols is 1. The number of aryl methyl sites for hydroxylation is 1. The summed E-state index contributed by atoms with van der Waals surface area (Å²) >= 11 is 5.75. The molecule has 1 aliphatic heterocycles. The molecule has 1 aromatic carbocycles. The second kappa shape index (κ2) is 3.71. The first-order valence-electron chi connectivity index (χ1n) is 5.29. The Labute approximate surface area is 107 Å². The summed E-state index contributed by atoms with van der Waals surface area (Å²) in [5, 5.41) is 9.84. The minimum Gasteiger partial charge on any atom is -0.506 e. The van der Waals surface area contributed by atoms with Crippen LogP contribution in [-0.2, 0) is 0 Å². The summed E-state index contributed by atoms with van der Waals surface area (Å²) in [6.07, 6.45) is 0. The topological polar surface area (TPSA) is 63.3 Å². The molecule has 1 heterocycles. The predicted molar refractivity (Wildman–Crippen MR) is 68.3 cm³/mol. The fourth-order valence-corrected chi connectivity index (χ4v) is 1.98. The fourth-order valence-electron chi connectivity index (χ4n) is 1.82. The number of phenolic OH excluding ortho intramolecular Hbond substituents is 1. The maximum atomic E-state index is 11.5. The molecule has 3 rings (SSSR count). The molecule has 0 fully saturated rings. The molecule has 0 saturated heterocycles. The highest BCUT2D eigenvalue weighted by Gasteiger charge is 2.15. The monoisotopic (exact) mass is 261 g/mol. The van der Waals surface area contributed by atoms with E-state index >= 15 is 0 Å². The van der Waals surface area contributed by atoms with E-state index in [0.29, 0.717) is 22.6 Å². The molecule has 0 radical (unpaired) electrons. The van der Waals surface area contributed by atoms with Crippen LogP contribution in [0.5, 0.6) is 5.75 Å². The Morgan fingerprint density at radius 1 is 1.33 bits per heavy atom. The number of aromatic nitrogens is 1. The Kier molecular flexibility index (Phi) is 2.28. The summed E-state index contributed by atoms with van der Waals surface area (Å²) in [5.74, 6) is 0.383. The number of nitrogens with zero attached hydrogens (tertiary/aromatic N) is 1. The van der Waals surface area contributed by atoms with Crippen molar-refractivity contribution >= 4 is 22.7 Å². The lowest BCUT2D eigenvalue weighted by atomic mass is 10.1. The average molecular weight is 262 g/mol. The van der Waals surface area contributed by atoms with Crippen LogP contribution in [0.3, 0.4) is 0 Å². The van der Waals surface area contributed by atoms with Crippen molar-refractivity contribution in [2.75, 3.05) is 0 Å². The molecule has 1 N–H and O–H groups in total. The van der Waals surface area contributed by atoms with Crippen molar-refractivity contribution in [3.8, 4) is 17.2 Å². The van der Waals surface area contributed by atoms with Crippen LogP contribution in [0.25, 0.3) is 22.6 Å². The van der Waals surface area contributed by atoms with Gasteiger partial charge in [0.2, 0.25) is 5.43 Å². The lowest BCUT2D eigenvalue weighted by Gasteiger charge is -2.08. The van der Waals surface area contributed by atoms with Crippen LogP contribution >= 0.6 is 11.6 Å². The Balaban J connectivity index is 2.53. The quantitative estimate of drug-likeness (QED) is 0.632. The number of hydrogen-bond acceptors (Lipinski definition) is 4. The highest BCUT2D eigenvalue weighted by atomic mass is 35.5. The summed E-state index contributed by atoms with van der Waals surface area (Å²) in [7, 11) is 0. The number of aromatic hydroxyl groups is 1. The Morgan fingerprint density at radius 3 is 2.89 bits per heavy atom. The molecular formula is C13H8ClNO3. The molecule has 0 unspecified atom stereocenters. The van der Waals surface area contributed by atoms with Gasteiger partial charge in [0.05, 0.1) is 5.02 Å². The van der Waals surface area contributed by atoms with Crippen molar-refractivity contribution in [3.05, 3.63) is 45.1 Å². The zero-order chi connectivity index (χ0) is 12.9. The second-order valence-electron chi connectivity index (χ2n) is 4.04. The van der Waals surface area contributed by atoms with Crippen molar-refractivity contribution in [2.45, 2.75) is 6.92 Å². The smallest absolute Gasteiger partial charge is 0.201 e. The van der Waals surface area contributed by atoms with Gasteiger partial charge in [-0.25, -0.2) is 4.98 Å². The van der Waals surface area contributed by atoms with Crippen molar-refractivity contribution in [1.29, 1.82) is 0 Å². The number of fused-ring (bicyclic) bond motifs is 2. The average Bonchev–Trinajstić information content (AvgIpc) is 2.34. The van der Waals surface area contributed by atoms with Gasteiger partial charge in [-0.05, 0) is 24.6 Å². The number of hydrogen-bond donors (Lipinski definition) is 1. The molecule has 0 atom stereocenters. The lowest BCUT2D eigenvalue weighted by Crippen LogP contribution is -2.02. The van der Waals surface area contributed by atoms with Gasteiger partial charge in [-0.1, -0.05) is 17.7 Å². The standard InChI is InChI=1S/C13H8ClNO3/c1-6-2-3-9(16)12-13(6)18-11-5-10(17)7(14)4-8(11)15-12/h2-5,16H,1H3. The van der Waals surface area contributed by atoms with E-state index in [9.17, 15) is 9.90 Å². The molecule has 0 saturated carbocycles. The van der Waals surface area contributed by atoms with Gasteiger partial charge in [-0.2, -0.15) is 0 Å². The van der Waals surface area contributed by atoms with Crippen molar-refractivity contribution < 1.29 is 9.52 Å². The number of halogens is 1. The van der Waals surface area contributed by atoms with E-state index in [1.165, 1.54) is 12.1 Å². The fraction of sp³-hybridized carbons (Fsp3) is 0.0769. The maximum absolute atomic E-state index is 11.5. The SMILES string of the molecule is Cc1ccc(O)c2nc3cc(Cl)c(=O)cc-3oc12. The van der Waals surface area contributed by atoms with E-state index in [4.69, 9.17) is 16.0 Å². The van der Waals surface area contributed by atoms with E-state index in [1.54, 1.807) is 12.1 Å². The number of benzene rings is 2. The highest BCUT2D eigenvalue weighted by molar-refractivity contribution is 6.30. The second-order valence-corrected chi connectivity index (χ2v) is 4.45. The van der Waals surface area contributed by atoms with E-state index in [-0.39, 0.29) is 16.2 Å². The maximum Gasteiger partial charge on any atom is 0.201 e. The molecule has 90 valence electrons. The van der Waals surface area contributed by atoms with Gasteiger partial charge in [0.25, 0.3) is 0 Å². The van der Waals surface area contributed by atoms with E-state index < -0.39 is 0 Å². The van der Waals surface area contributed by atoms with Gasteiger partial charge in [0, 0.05) is 6.07 Å². The highest BCUT2D eigenvalue weighted by Crippen LogP contribution is 2.31. The first-order chi connectivity index (χ1) is 8.56. The third-order valence-electron chi connectivity index (χ3n) is 2.76. The first kappa shape index (κ1) is 11.0. The van der Waals surface area contributed by atoms with Crippen LogP contribution in [0.1, 0.15) is 5.56 Å². The van der Waals surface area contributed by atoms with Crippen LogP contribution < -0.4 is 5.43 Å². The molecule has 0 amide bonds. The van der Waals surface area contributed by atoms with Gasteiger partial charge in [-0.15, -0.1) is 0 Å². The van der Waals surface area contributed by atoms with E-state index in [2.05, 4.69) is 4.98 Å². The van der Waals surface area contributed by atoms with Crippen molar-refractivity contribution in [3.63, 3.8) is 0 Å². The van der Waals surface area contributed by atoms with Crippen LogP contribution in [0, 0.1) is 6.92 Å². The summed E-state index contributed by atoms with van der Waals surface area (Å²) in [4.78, 5) is 15.7. The third kappa shape index (κ3) is 1.54. The summed E-state index contributed by atoms with van der Waals surface area (Å²) in [6.45, 7) is 1.84. The molecule has 4 nitrogen and oxygen atoms in total. The Hall–Kier alpha value is -2.07. The van der Waals surface area contributed by atoms with E-state index in [0.717, 1.165) is 5.56 Å². The van der Waals surface area contributed by atoms with Gasteiger partial charge in [0.15, 0.2) is 11.3 Å². The zero-order valence-corrected chi connectivity index (χ0v) is 10.2. The zero-order valence-electron chi connectivity index (χ0n) is 9.40. The molecule has 5 heteroatoms. The largest absolute Gasteiger partial charge is 0.506 e. The predicted octanol–water partition coefficient (Wildman–Crippen LogP) is 2.96. The Bertz CT molecular complexity index is 794. The normalized spacial score (nSPS) is 11.2. The molecule has 0 bridgehead atoms. The number of rotatable bonds is 0. The molecule has 2 aliphatic rings. The lowest BCUT2D eigenvalue weighted by molar-refractivity contribution is 0.478. The first-order valence-corrected chi connectivity index (χ1v) is 5.67. The van der Waals surface area contributed by atoms with Gasteiger partial charge in [0.1, 0.15) is 17.0 Å². The van der Waals surface area contributed by atoms with Crippen LogP contribution in [0.15, 0.2) is 33.5 Å². The Morgan fingerprint density at radius 2 is 2.11 bits per heavy atom. The molecule has 18 heavy (non-hydrogen) atoms. The van der Waals surface area contributed by atoms with Crippen LogP contribution in [0.4, 0.5) is 0 Å². The molecule has 1 aromatic rings. The van der Waals surface area contributed by atoms with Gasteiger partial charge >= 0.3 is 0 Å². The van der Waals surface area contributed by atoms with Gasteiger partial charge in [-0.3, -0.25) is 4.79 Å². The minimum absolute atomic E-state index is 0.0311. The van der Waals surface area contributed by atoms with E-state index in [1.807, 2.05) is 6.92 Å².